The standard InChI is InChI=1S/C17H29N3/c1-14(19-17-10-8-16(18)9-11-17)12-20(2)13-15-6-4-3-5-7-15/h3-7,14,16-17,19H,8-13,18H2,1-2H3. The lowest BCUT2D eigenvalue weighted by Crippen LogP contribution is -2.45. The number of nitrogens with two attached hydrogens (primary N) is 1. The Hall–Kier alpha value is -0.900. The van der Waals surface area contributed by atoms with E-state index in [2.05, 4.69) is 54.5 Å². The van der Waals surface area contributed by atoms with E-state index in [-0.39, 0.29) is 0 Å². The van der Waals surface area contributed by atoms with Crippen molar-refractivity contribution < 1.29 is 0 Å². The molecule has 0 bridgehead atoms. The van der Waals surface area contributed by atoms with Gasteiger partial charge in [0.25, 0.3) is 0 Å². The molecule has 1 atom stereocenters. The third-order valence-electron chi connectivity index (χ3n) is 4.17. The van der Waals surface area contributed by atoms with Crippen LogP contribution in [0.5, 0.6) is 0 Å². The van der Waals surface area contributed by atoms with Crippen LogP contribution < -0.4 is 11.1 Å². The van der Waals surface area contributed by atoms with Crippen LogP contribution in [-0.4, -0.2) is 36.6 Å². The monoisotopic (exact) mass is 275 g/mol. The molecule has 1 aliphatic rings. The second-order valence-corrected chi connectivity index (χ2v) is 6.36. The largest absolute Gasteiger partial charge is 0.328 e. The Kier molecular flexibility index (Phi) is 6.02. The molecule has 1 aliphatic carbocycles. The number of hydrogen-bond acceptors (Lipinski definition) is 3. The van der Waals surface area contributed by atoms with Gasteiger partial charge in [0.2, 0.25) is 0 Å². The third kappa shape index (κ3) is 5.23. The molecule has 0 radical (unpaired) electrons. The van der Waals surface area contributed by atoms with Crippen molar-refractivity contribution >= 4 is 0 Å². The summed E-state index contributed by atoms with van der Waals surface area (Å²) in [7, 11) is 2.20. The summed E-state index contributed by atoms with van der Waals surface area (Å²) in [6.07, 6.45) is 4.80. The van der Waals surface area contributed by atoms with Gasteiger partial charge in [-0.15, -0.1) is 0 Å². The van der Waals surface area contributed by atoms with Crippen molar-refractivity contribution in [1.82, 2.24) is 10.2 Å². The van der Waals surface area contributed by atoms with Crippen LogP contribution in [0.2, 0.25) is 0 Å². The SMILES string of the molecule is CC(CN(C)Cc1ccccc1)NC1CCC(N)CC1. The van der Waals surface area contributed by atoms with E-state index in [1.54, 1.807) is 0 Å². The van der Waals surface area contributed by atoms with Crippen LogP contribution in [0.15, 0.2) is 30.3 Å². The lowest BCUT2D eigenvalue weighted by atomic mass is 9.91. The average Bonchev–Trinajstić information content (AvgIpc) is 2.42. The molecule has 0 amide bonds. The van der Waals surface area contributed by atoms with E-state index in [0.29, 0.717) is 18.1 Å². The first-order valence-electron chi connectivity index (χ1n) is 7.87. The number of likely N-dealkylation sites (N-methyl/N-ethyl adjacent to an activating group) is 1. The zero-order valence-electron chi connectivity index (χ0n) is 12.9. The van der Waals surface area contributed by atoms with Crippen molar-refractivity contribution in [3.8, 4) is 0 Å². The van der Waals surface area contributed by atoms with Crippen LogP contribution in [0.3, 0.4) is 0 Å². The highest BCUT2D eigenvalue weighted by Gasteiger charge is 2.20. The van der Waals surface area contributed by atoms with Crippen LogP contribution in [0, 0.1) is 0 Å². The second kappa shape index (κ2) is 7.77. The molecule has 1 aromatic carbocycles. The molecule has 20 heavy (non-hydrogen) atoms. The van der Waals surface area contributed by atoms with Crippen LogP contribution in [0.4, 0.5) is 0 Å². The van der Waals surface area contributed by atoms with Gasteiger partial charge >= 0.3 is 0 Å². The number of hydrogen-bond donors (Lipinski definition) is 2. The minimum atomic E-state index is 0.434. The van der Waals surface area contributed by atoms with Gasteiger partial charge in [-0.3, -0.25) is 0 Å². The number of nitrogens with zero attached hydrogens (tertiary/aromatic N) is 1. The minimum Gasteiger partial charge on any atom is -0.328 e. The maximum Gasteiger partial charge on any atom is 0.0231 e. The van der Waals surface area contributed by atoms with Crippen molar-refractivity contribution in [3.63, 3.8) is 0 Å². The average molecular weight is 275 g/mol. The Bertz CT molecular complexity index is 371. The van der Waals surface area contributed by atoms with Gasteiger partial charge in [0, 0.05) is 31.2 Å². The molecule has 0 spiro atoms. The van der Waals surface area contributed by atoms with Crippen molar-refractivity contribution in [1.29, 1.82) is 0 Å². The number of benzene rings is 1. The molecule has 0 saturated heterocycles. The lowest BCUT2D eigenvalue weighted by Gasteiger charge is -2.31. The van der Waals surface area contributed by atoms with Crippen LogP contribution in [-0.2, 0) is 6.54 Å². The fourth-order valence-electron chi connectivity index (χ4n) is 3.17. The van der Waals surface area contributed by atoms with Crippen molar-refractivity contribution in [2.45, 2.75) is 57.3 Å². The van der Waals surface area contributed by atoms with Gasteiger partial charge in [-0.05, 0) is 45.2 Å². The first kappa shape index (κ1) is 15.5. The Morgan fingerprint density at radius 3 is 2.50 bits per heavy atom. The zero-order chi connectivity index (χ0) is 14.4. The van der Waals surface area contributed by atoms with Gasteiger partial charge in [0.15, 0.2) is 0 Å². The maximum absolute atomic E-state index is 5.96. The first-order chi connectivity index (χ1) is 9.63. The highest BCUT2D eigenvalue weighted by Crippen LogP contribution is 2.17. The first-order valence-corrected chi connectivity index (χ1v) is 7.87. The molecule has 3 heteroatoms. The van der Waals surface area contributed by atoms with Gasteiger partial charge in [0.05, 0.1) is 0 Å². The molecule has 3 nitrogen and oxygen atoms in total. The quantitative estimate of drug-likeness (QED) is 0.837. The highest BCUT2D eigenvalue weighted by molar-refractivity contribution is 5.14. The van der Waals surface area contributed by atoms with Crippen molar-refractivity contribution in [3.05, 3.63) is 35.9 Å². The smallest absolute Gasteiger partial charge is 0.0231 e. The lowest BCUT2D eigenvalue weighted by molar-refractivity contribution is 0.255. The molecule has 0 aromatic heterocycles. The van der Waals surface area contributed by atoms with E-state index in [1.807, 2.05) is 0 Å². The summed E-state index contributed by atoms with van der Waals surface area (Å²) in [6, 6.07) is 12.3. The summed E-state index contributed by atoms with van der Waals surface area (Å²) in [5.74, 6) is 0. The van der Waals surface area contributed by atoms with Gasteiger partial charge in [-0.2, -0.15) is 0 Å². The molecule has 1 fully saturated rings. The molecular formula is C17H29N3. The molecule has 0 aliphatic heterocycles. The normalized spacial score (nSPS) is 24.8. The Morgan fingerprint density at radius 1 is 1.20 bits per heavy atom. The zero-order valence-corrected chi connectivity index (χ0v) is 12.9. The summed E-state index contributed by atoms with van der Waals surface area (Å²) in [5.41, 5.74) is 7.34. The maximum atomic E-state index is 5.96. The summed E-state index contributed by atoms with van der Waals surface area (Å²) < 4.78 is 0. The molecule has 3 N–H and O–H groups in total. The fraction of sp³-hybridized carbons (Fsp3) is 0.647. The van der Waals surface area contributed by atoms with Gasteiger partial charge < -0.3 is 16.0 Å². The molecule has 1 saturated carbocycles. The topological polar surface area (TPSA) is 41.3 Å². The van der Waals surface area contributed by atoms with Crippen molar-refractivity contribution in [2.24, 2.45) is 5.73 Å². The number of nitrogens with one attached hydrogen (secondary N) is 1. The Labute approximate surface area is 123 Å². The molecule has 2 rings (SSSR count). The third-order valence-corrected chi connectivity index (χ3v) is 4.17. The van der Waals surface area contributed by atoms with Gasteiger partial charge in [-0.25, -0.2) is 0 Å². The van der Waals surface area contributed by atoms with E-state index in [4.69, 9.17) is 5.73 Å². The highest BCUT2D eigenvalue weighted by atomic mass is 15.1. The minimum absolute atomic E-state index is 0.434. The molecular weight excluding hydrogens is 246 g/mol. The molecule has 112 valence electrons. The van der Waals surface area contributed by atoms with Crippen LogP contribution >= 0.6 is 0 Å². The van der Waals surface area contributed by atoms with Crippen LogP contribution in [0.25, 0.3) is 0 Å². The Morgan fingerprint density at radius 2 is 1.85 bits per heavy atom. The molecule has 1 aromatic rings. The summed E-state index contributed by atoms with van der Waals surface area (Å²) in [6.45, 7) is 4.38. The van der Waals surface area contributed by atoms with E-state index >= 15 is 0 Å². The van der Waals surface area contributed by atoms with E-state index in [9.17, 15) is 0 Å². The summed E-state index contributed by atoms with van der Waals surface area (Å²) in [5, 5.41) is 3.76. The number of rotatable bonds is 6. The Balaban J connectivity index is 1.69. The second-order valence-electron chi connectivity index (χ2n) is 6.36. The van der Waals surface area contributed by atoms with Gasteiger partial charge in [0.1, 0.15) is 0 Å². The predicted octanol–water partition coefficient (Wildman–Crippen LogP) is 2.37. The molecule has 0 heterocycles. The van der Waals surface area contributed by atoms with E-state index in [0.717, 1.165) is 13.1 Å². The summed E-state index contributed by atoms with van der Waals surface area (Å²) >= 11 is 0. The summed E-state index contributed by atoms with van der Waals surface area (Å²) in [4.78, 5) is 2.39. The van der Waals surface area contributed by atoms with Crippen LogP contribution in [0.1, 0.15) is 38.2 Å². The predicted molar refractivity (Wildman–Crippen MR) is 85.6 cm³/mol. The van der Waals surface area contributed by atoms with Gasteiger partial charge in [-0.1, -0.05) is 30.3 Å². The van der Waals surface area contributed by atoms with E-state index < -0.39 is 0 Å². The fourth-order valence-corrected chi connectivity index (χ4v) is 3.17. The van der Waals surface area contributed by atoms with Crippen molar-refractivity contribution in [2.75, 3.05) is 13.6 Å². The molecule has 1 unspecified atom stereocenters. The van der Waals surface area contributed by atoms with E-state index in [1.165, 1.54) is 31.2 Å².